The summed E-state index contributed by atoms with van der Waals surface area (Å²) in [5.74, 6) is 0.549. The van der Waals surface area contributed by atoms with E-state index in [1.807, 2.05) is 29.2 Å². The van der Waals surface area contributed by atoms with Gasteiger partial charge in [0.2, 0.25) is 0 Å². The Bertz CT molecular complexity index is 684. The third-order valence-electron chi connectivity index (χ3n) is 3.34. The molecule has 96 valence electrons. The van der Waals surface area contributed by atoms with Crippen molar-refractivity contribution >= 4 is 10.9 Å². The largest absolute Gasteiger partial charge is 0.267 e. The van der Waals surface area contributed by atoms with Crippen molar-refractivity contribution in [1.82, 2.24) is 14.8 Å². The van der Waals surface area contributed by atoms with Gasteiger partial charge in [0.15, 0.2) is 0 Å². The molecule has 0 unspecified atom stereocenters. The van der Waals surface area contributed by atoms with Crippen molar-refractivity contribution in [2.24, 2.45) is 0 Å². The van der Waals surface area contributed by atoms with E-state index in [2.05, 4.69) is 48.3 Å². The summed E-state index contributed by atoms with van der Waals surface area (Å²) in [7, 11) is 0. The van der Waals surface area contributed by atoms with Gasteiger partial charge in [0, 0.05) is 24.0 Å². The molecule has 0 saturated carbocycles. The number of rotatable bonds is 3. The monoisotopic (exact) mass is 251 g/mol. The molecule has 3 rings (SSSR count). The van der Waals surface area contributed by atoms with Gasteiger partial charge in [0.1, 0.15) is 0 Å². The molecule has 0 radical (unpaired) electrons. The van der Waals surface area contributed by atoms with Crippen molar-refractivity contribution in [3.63, 3.8) is 0 Å². The Hall–Kier alpha value is -2.16. The van der Waals surface area contributed by atoms with Crippen molar-refractivity contribution in [2.45, 2.75) is 26.3 Å². The summed E-state index contributed by atoms with van der Waals surface area (Å²) in [4.78, 5) is 4.03. The van der Waals surface area contributed by atoms with E-state index in [0.29, 0.717) is 5.92 Å². The van der Waals surface area contributed by atoms with Crippen LogP contribution in [0.5, 0.6) is 0 Å². The molecular formula is C16H17N3. The van der Waals surface area contributed by atoms with Crippen molar-refractivity contribution in [3.05, 3.63) is 60.0 Å². The highest BCUT2D eigenvalue weighted by atomic mass is 15.3. The van der Waals surface area contributed by atoms with Crippen LogP contribution >= 0.6 is 0 Å². The summed E-state index contributed by atoms with van der Waals surface area (Å²) < 4.78 is 1.99. The second-order valence-electron chi connectivity index (χ2n) is 5.16. The molecule has 19 heavy (non-hydrogen) atoms. The number of benzene rings is 1. The number of pyridine rings is 1. The number of fused-ring (bicyclic) bond motifs is 1. The molecule has 0 amide bonds. The van der Waals surface area contributed by atoms with Crippen LogP contribution in [0.25, 0.3) is 10.9 Å². The molecule has 3 nitrogen and oxygen atoms in total. The first-order valence-electron chi connectivity index (χ1n) is 6.58. The quantitative estimate of drug-likeness (QED) is 0.712. The first-order chi connectivity index (χ1) is 9.22. The molecule has 0 aliphatic rings. The van der Waals surface area contributed by atoms with Gasteiger partial charge in [0.05, 0.1) is 12.1 Å². The van der Waals surface area contributed by atoms with Crippen LogP contribution < -0.4 is 0 Å². The number of hydrogen-bond donors (Lipinski definition) is 0. The summed E-state index contributed by atoms with van der Waals surface area (Å²) in [6, 6.07) is 10.5. The van der Waals surface area contributed by atoms with Gasteiger partial charge >= 0.3 is 0 Å². The maximum Gasteiger partial charge on any atom is 0.0923 e. The van der Waals surface area contributed by atoms with Gasteiger partial charge in [-0.05, 0) is 41.3 Å². The lowest BCUT2D eigenvalue weighted by atomic mass is 10.0. The van der Waals surface area contributed by atoms with Gasteiger partial charge in [-0.2, -0.15) is 5.10 Å². The summed E-state index contributed by atoms with van der Waals surface area (Å²) in [5, 5.41) is 5.81. The fourth-order valence-electron chi connectivity index (χ4n) is 2.21. The third-order valence-corrected chi connectivity index (χ3v) is 3.34. The van der Waals surface area contributed by atoms with E-state index in [1.54, 1.807) is 0 Å². The molecule has 0 N–H and O–H groups in total. The van der Waals surface area contributed by atoms with Crippen molar-refractivity contribution in [2.75, 3.05) is 0 Å². The minimum absolute atomic E-state index is 0.549. The second-order valence-corrected chi connectivity index (χ2v) is 5.16. The molecule has 3 heteroatoms. The first-order valence-corrected chi connectivity index (χ1v) is 6.58. The molecule has 0 bridgehead atoms. The first kappa shape index (κ1) is 11.9. The molecule has 0 aliphatic heterocycles. The Morgan fingerprint density at radius 2 is 1.89 bits per heavy atom. The van der Waals surface area contributed by atoms with Crippen LogP contribution in [0.3, 0.4) is 0 Å². The van der Waals surface area contributed by atoms with Crippen LogP contribution in [0.4, 0.5) is 0 Å². The highest BCUT2D eigenvalue weighted by molar-refractivity contribution is 5.78. The zero-order valence-corrected chi connectivity index (χ0v) is 11.2. The Kier molecular flexibility index (Phi) is 3.03. The van der Waals surface area contributed by atoms with Gasteiger partial charge in [-0.25, -0.2) is 0 Å². The molecule has 0 atom stereocenters. The lowest BCUT2D eigenvalue weighted by Crippen LogP contribution is -1.99. The Morgan fingerprint density at radius 3 is 2.63 bits per heavy atom. The fraction of sp³-hybridized carbons (Fsp3) is 0.250. The summed E-state index contributed by atoms with van der Waals surface area (Å²) >= 11 is 0. The number of aromatic nitrogens is 3. The van der Waals surface area contributed by atoms with Crippen molar-refractivity contribution < 1.29 is 0 Å². The molecular weight excluding hydrogens is 234 g/mol. The molecule has 0 saturated heterocycles. The fourth-order valence-corrected chi connectivity index (χ4v) is 2.21. The highest BCUT2D eigenvalue weighted by Gasteiger charge is 2.04. The SMILES string of the molecule is CC(C)c1ccc2nn(Cc3ccncc3)cc2c1. The smallest absolute Gasteiger partial charge is 0.0923 e. The molecule has 3 aromatic rings. The van der Waals surface area contributed by atoms with Gasteiger partial charge in [-0.1, -0.05) is 19.9 Å². The zero-order chi connectivity index (χ0) is 13.2. The molecule has 0 aliphatic carbocycles. The topological polar surface area (TPSA) is 30.7 Å². The minimum Gasteiger partial charge on any atom is -0.267 e. The Morgan fingerprint density at radius 1 is 1.11 bits per heavy atom. The van der Waals surface area contributed by atoms with Crippen LogP contribution in [0.2, 0.25) is 0 Å². The average molecular weight is 251 g/mol. The maximum atomic E-state index is 4.60. The van der Waals surface area contributed by atoms with Crippen molar-refractivity contribution in [1.29, 1.82) is 0 Å². The summed E-state index contributed by atoms with van der Waals surface area (Å²) in [6.07, 6.45) is 5.74. The standard InChI is InChI=1S/C16H17N3/c1-12(2)14-3-4-16-15(9-14)11-19(18-16)10-13-5-7-17-8-6-13/h3-9,11-12H,10H2,1-2H3. The predicted molar refractivity (Wildman–Crippen MR) is 77.2 cm³/mol. The lowest BCUT2D eigenvalue weighted by Gasteiger charge is -2.03. The summed E-state index contributed by atoms with van der Waals surface area (Å²) in [6.45, 7) is 5.21. The van der Waals surface area contributed by atoms with Crippen molar-refractivity contribution in [3.8, 4) is 0 Å². The average Bonchev–Trinajstić information content (AvgIpc) is 2.80. The van der Waals surface area contributed by atoms with E-state index in [4.69, 9.17) is 0 Å². The lowest BCUT2D eigenvalue weighted by molar-refractivity contribution is 0.695. The van der Waals surface area contributed by atoms with E-state index < -0.39 is 0 Å². The van der Waals surface area contributed by atoms with Gasteiger partial charge < -0.3 is 0 Å². The third kappa shape index (κ3) is 2.50. The Balaban J connectivity index is 1.93. The van der Waals surface area contributed by atoms with Crippen LogP contribution in [-0.2, 0) is 6.54 Å². The van der Waals surface area contributed by atoms with Crippen LogP contribution in [0.15, 0.2) is 48.9 Å². The van der Waals surface area contributed by atoms with E-state index in [9.17, 15) is 0 Å². The van der Waals surface area contributed by atoms with Crippen LogP contribution in [-0.4, -0.2) is 14.8 Å². The van der Waals surface area contributed by atoms with E-state index >= 15 is 0 Å². The molecule has 2 aromatic heterocycles. The minimum atomic E-state index is 0.549. The normalized spacial score (nSPS) is 11.3. The van der Waals surface area contributed by atoms with Gasteiger partial charge in [-0.15, -0.1) is 0 Å². The highest BCUT2D eigenvalue weighted by Crippen LogP contribution is 2.20. The van der Waals surface area contributed by atoms with Crippen LogP contribution in [0, 0.1) is 0 Å². The molecule has 1 aromatic carbocycles. The van der Waals surface area contributed by atoms with E-state index in [0.717, 1.165) is 12.1 Å². The van der Waals surface area contributed by atoms with E-state index in [-0.39, 0.29) is 0 Å². The number of hydrogen-bond acceptors (Lipinski definition) is 2. The number of nitrogens with zero attached hydrogens (tertiary/aromatic N) is 3. The van der Waals surface area contributed by atoms with Gasteiger partial charge in [-0.3, -0.25) is 9.67 Å². The summed E-state index contributed by atoms with van der Waals surface area (Å²) in [5.41, 5.74) is 3.63. The van der Waals surface area contributed by atoms with Crippen LogP contribution in [0.1, 0.15) is 30.9 Å². The molecule has 0 spiro atoms. The van der Waals surface area contributed by atoms with E-state index in [1.165, 1.54) is 16.5 Å². The maximum absolute atomic E-state index is 4.60. The molecule has 2 heterocycles. The molecule has 0 fully saturated rings. The second kappa shape index (κ2) is 4.84. The predicted octanol–water partition coefficient (Wildman–Crippen LogP) is 3.60. The zero-order valence-electron chi connectivity index (χ0n) is 11.2. The Labute approximate surface area is 112 Å². The van der Waals surface area contributed by atoms with Gasteiger partial charge in [0.25, 0.3) is 0 Å².